The van der Waals surface area contributed by atoms with Crippen molar-refractivity contribution in [2.75, 3.05) is 6.54 Å². The molecule has 0 amide bonds. The zero-order chi connectivity index (χ0) is 14.4. The fourth-order valence-electron chi connectivity index (χ4n) is 2.51. The normalized spacial score (nSPS) is 12.3. The third-order valence-corrected chi connectivity index (χ3v) is 4.33. The van der Waals surface area contributed by atoms with Crippen LogP contribution < -0.4 is 5.32 Å². The number of hydrogen-bond donors (Lipinski definition) is 1. The van der Waals surface area contributed by atoms with E-state index in [0.29, 0.717) is 6.04 Å². The SMILES string of the molecule is CCNC(Cc1ccc(I)cc1)Cc1ccccc1C. The van der Waals surface area contributed by atoms with Crippen molar-refractivity contribution in [3.63, 3.8) is 0 Å². The second-order valence-electron chi connectivity index (χ2n) is 5.22. The summed E-state index contributed by atoms with van der Waals surface area (Å²) in [6.07, 6.45) is 2.17. The number of rotatable bonds is 6. The van der Waals surface area contributed by atoms with E-state index in [9.17, 15) is 0 Å². The molecule has 2 heteroatoms. The van der Waals surface area contributed by atoms with Gasteiger partial charge in [0.15, 0.2) is 0 Å². The Bertz CT molecular complexity index is 533. The number of hydrogen-bond acceptors (Lipinski definition) is 1. The van der Waals surface area contributed by atoms with E-state index in [-0.39, 0.29) is 0 Å². The molecule has 2 rings (SSSR count). The average Bonchev–Trinajstić information content (AvgIpc) is 2.44. The summed E-state index contributed by atoms with van der Waals surface area (Å²) in [5.41, 5.74) is 4.24. The summed E-state index contributed by atoms with van der Waals surface area (Å²) < 4.78 is 1.30. The standard InChI is InChI=1S/C18H22IN/c1-3-20-18(12-15-8-10-17(19)11-9-15)13-16-7-5-4-6-14(16)2/h4-11,18,20H,3,12-13H2,1-2H3. The molecular formula is C18H22IN. The summed E-state index contributed by atoms with van der Waals surface area (Å²) in [5, 5.41) is 3.62. The van der Waals surface area contributed by atoms with Gasteiger partial charge in [0.25, 0.3) is 0 Å². The van der Waals surface area contributed by atoms with E-state index in [1.807, 2.05) is 0 Å². The van der Waals surface area contributed by atoms with Crippen LogP contribution in [0.5, 0.6) is 0 Å². The smallest absolute Gasteiger partial charge is 0.0148 e. The summed E-state index contributed by atoms with van der Waals surface area (Å²) in [6, 6.07) is 18.0. The molecule has 0 spiro atoms. The maximum atomic E-state index is 3.62. The number of benzene rings is 2. The first-order valence-electron chi connectivity index (χ1n) is 7.21. The van der Waals surface area contributed by atoms with Crippen molar-refractivity contribution in [3.8, 4) is 0 Å². The first-order chi connectivity index (χ1) is 9.69. The van der Waals surface area contributed by atoms with Crippen molar-refractivity contribution in [2.24, 2.45) is 0 Å². The molecule has 0 aliphatic carbocycles. The molecule has 0 heterocycles. The predicted molar refractivity (Wildman–Crippen MR) is 95.2 cm³/mol. The van der Waals surface area contributed by atoms with Crippen LogP contribution in [0, 0.1) is 10.5 Å². The molecule has 0 saturated heterocycles. The van der Waals surface area contributed by atoms with Crippen molar-refractivity contribution in [2.45, 2.75) is 32.7 Å². The topological polar surface area (TPSA) is 12.0 Å². The molecule has 0 fully saturated rings. The van der Waals surface area contributed by atoms with Gasteiger partial charge in [0.2, 0.25) is 0 Å². The summed E-state index contributed by atoms with van der Waals surface area (Å²) >= 11 is 2.35. The minimum Gasteiger partial charge on any atom is -0.314 e. The summed E-state index contributed by atoms with van der Waals surface area (Å²) in [5.74, 6) is 0. The van der Waals surface area contributed by atoms with E-state index in [1.165, 1.54) is 20.3 Å². The van der Waals surface area contributed by atoms with Crippen LogP contribution in [-0.4, -0.2) is 12.6 Å². The average molecular weight is 379 g/mol. The molecule has 0 radical (unpaired) electrons. The number of nitrogens with one attached hydrogen (secondary N) is 1. The Kier molecular flexibility index (Phi) is 6.05. The first-order valence-corrected chi connectivity index (χ1v) is 8.29. The van der Waals surface area contributed by atoms with Gasteiger partial charge in [-0.25, -0.2) is 0 Å². The van der Waals surface area contributed by atoms with Crippen LogP contribution in [0.2, 0.25) is 0 Å². The van der Waals surface area contributed by atoms with Crippen LogP contribution in [0.15, 0.2) is 48.5 Å². The van der Waals surface area contributed by atoms with Gasteiger partial charge in [-0.05, 0) is 77.7 Å². The first kappa shape index (κ1) is 15.5. The number of halogens is 1. The maximum absolute atomic E-state index is 3.62. The minimum atomic E-state index is 0.501. The summed E-state index contributed by atoms with van der Waals surface area (Å²) in [6.45, 7) is 5.39. The van der Waals surface area contributed by atoms with E-state index in [0.717, 1.165) is 19.4 Å². The van der Waals surface area contributed by atoms with E-state index in [4.69, 9.17) is 0 Å². The summed E-state index contributed by atoms with van der Waals surface area (Å²) in [7, 11) is 0. The summed E-state index contributed by atoms with van der Waals surface area (Å²) in [4.78, 5) is 0. The Balaban J connectivity index is 2.07. The highest BCUT2D eigenvalue weighted by atomic mass is 127. The molecule has 1 atom stereocenters. The molecule has 0 bridgehead atoms. The molecule has 0 aromatic heterocycles. The molecule has 1 nitrogen and oxygen atoms in total. The van der Waals surface area contributed by atoms with Crippen LogP contribution in [0.25, 0.3) is 0 Å². The molecule has 1 N–H and O–H groups in total. The Hall–Kier alpha value is -0.870. The second kappa shape index (κ2) is 7.79. The van der Waals surface area contributed by atoms with Crippen molar-refractivity contribution < 1.29 is 0 Å². The predicted octanol–water partition coefficient (Wildman–Crippen LogP) is 4.36. The molecule has 20 heavy (non-hydrogen) atoms. The lowest BCUT2D eigenvalue weighted by Gasteiger charge is -2.19. The van der Waals surface area contributed by atoms with Crippen LogP contribution >= 0.6 is 22.6 Å². The van der Waals surface area contributed by atoms with Crippen LogP contribution in [0.3, 0.4) is 0 Å². The third kappa shape index (κ3) is 4.60. The largest absolute Gasteiger partial charge is 0.314 e. The molecule has 0 aliphatic heterocycles. The van der Waals surface area contributed by atoms with Gasteiger partial charge in [0.05, 0.1) is 0 Å². The van der Waals surface area contributed by atoms with E-state index >= 15 is 0 Å². The van der Waals surface area contributed by atoms with Gasteiger partial charge in [0.1, 0.15) is 0 Å². The second-order valence-corrected chi connectivity index (χ2v) is 6.46. The molecule has 106 valence electrons. The van der Waals surface area contributed by atoms with Crippen molar-refractivity contribution in [1.82, 2.24) is 5.32 Å². The van der Waals surface area contributed by atoms with Gasteiger partial charge < -0.3 is 5.32 Å². The van der Waals surface area contributed by atoms with Gasteiger partial charge in [0, 0.05) is 9.61 Å². The molecule has 2 aromatic rings. The van der Waals surface area contributed by atoms with Gasteiger partial charge >= 0.3 is 0 Å². The van der Waals surface area contributed by atoms with Crippen LogP contribution in [0.4, 0.5) is 0 Å². The minimum absolute atomic E-state index is 0.501. The van der Waals surface area contributed by atoms with E-state index in [1.54, 1.807) is 0 Å². The Morgan fingerprint density at radius 3 is 2.35 bits per heavy atom. The molecule has 1 unspecified atom stereocenters. The molecule has 2 aromatic carbocycles. The highest BCUT2D eigenvalue weighted by Crippen LogP contribution is 2.14. The van der Waals surface area contributed by atoms with Crippen molar-refractivity contribution in [1.29, 1.82) is 0 Å². The lowest BCUT2D eigenvalue weighted by atomic mass is 9.96. The molecule has 0 saturated carbocycles. The Morgan fingerprint density at radius 2 is 1.70 bits per heavy atom. The number of aryl methyl sites for hydroxylation is 1. The molecule has 0 aliphatic rings. The maximum Gasteiger partial charge on any atom is 0.0148 e. The van der Waals surface area contributed by atoms with E-state index in [2.05, 4.69) is 90.3 Å². The fourth-order valence-corrected chi connectivity index (χ4v) is 2.87. The molecular weight excluding hydrogens is 357 g/mol. The van der Waals surface area contributed by atoms with Gasteiger partial charge in [-0.3, -0.25) is 0 Å². The number of likely N-dealkylation sites (N-methyl/N-ethyl adjacent to an activating group) is 1. The Labute approximate surface area is 135 Å². The monoisotopic (exact) mass is 379 g/mol. The zero-order valence-electron chi connectivity index (χ0n) is 12.2. The highest BCUT2D eigenvalue weighted by molar-refractivity contribution is 14.1. The lowest BCUT2D eigenvalue weighted by Crippen LogP contribution is -2.33. The van der Waals surface area contributed by atoms with Crippen molar-refractivity contribution >= 4 is 22.6 Å². The van der Waals surface area contributed by atoms with Gasteiger partial charge in [-0.1, -0.05) is 43.3 Å². The fraction of sp³-hybridized carbons (Fsp3) is 0.333. The quantitative estimate of drug-likeness (QED) is 0.736. The zero-order valence-corrected chi connectivity index (χ0v) is 14.4. The van der Waals surface area contributed by atoms with Gasteiger partial charge in [-0.15, -0.1) is 0 Å². The van der Waals surface area contributed by atoms with Crippen molar-refractivity contribution in [3.05, 3.63) is 68.8 Å². The van der Waals surface area contributed by atoms with Crippen LogP contribution in [-0.2, 0) is 12.8 Å². The third-order valence-electron chi connectivity index (χ3n) is 3.62. The van der Waals surface area contributed by atoms with Gasteiger partial charge in [-0.2, -0.15) is 0 Å². The Morgan fingerprint density at radius 1 is 1.00 bits per heavy atom. The lowest BCUT2D eigenvalue weighted by molar-refractivity contribution is 0.520. The van der Waals surface area contributed by atoms with E-state index < -0.39 is 0 Å². The highest BCUT2D eigenvalue weighted by Gasteiger charge is 2.10. The van der Waals surface area contributed by atoms with Crippen LogP contribution in [0.1, 0.15) is 23.6 Å².